The third-order valence-electron chi connectivity index (χ3n) is 2.61. The highest BCUT2D eigenvalue weighted by atomic mass is 32.2. The number of hydrogen-bond donors (Lipinski definition) is 3. The van der Waals surface area contributed by atoms with E-state index in [9.17, 15) is 9.59 Å². The first-order valence-corrected chi connectivity index (χ1v) is 6.88. The lowest BCUT2D eigenvalue weighted by molar-refractivity contribution is 0.0693. The van der Waals surface area contributed by atoms with Gasteiger partial charge in [0.1, 0.15) is 17.1 Å². The summed E-state index contributed by atoms with van der Waals surface area (Å²) < 4.78 is 5.05. The van der Waals surface area contributed by atoms with E-state index in [2.05, 4.69) is 9.97 Å². The number of nitrogen functional groups attached to an aromatic ring is 1. The van der Waals surface area contributed by atoms with E-state index in [0.29, 0.717) is 10.9 Å². The fourth-order valence-electron chi connectivity index (χ4n) is 1.68. The Bertz CT molecular complexity index is 730. The number of carbonyl (C=O) groups is 1. The SMILES string of the molecule is COc1cc(CSc2nc(N)cc(=O)[nH]2)ccc1C(=O)O. The molecule has 8 heteroatoms. The van der Waals surface area contributed by atoms with Crippen molar-refractivity contribution in [2.45, 2.75) is 10.9 Å². The molecule has 0 saturated carbocycles. The van der Waals surface area contributed by atoms with Crippen LogP contribution in [0.15, 0.2) is 34.2 Å². The summed E-state index contributed by atoms with van der Waals surface area (Å²) in [6, 6.07) is 6.01. The number of methoxy groups -OCH3 is 1. The maximum atomic E-state index is 11.3. The predicted molar refractivity (Wildman–Crippen MR) is 78.8 cm³/mol. The number of carboxylic acids is 1. The molecule has 0 fully saturated rings. The Morgan fingerprint density at radius 2 is 2.24 bits per heavy atom. The molecule has 0 aliphatic heterocycles. The molecule has 0 radical (unpaired) electrons. The summed E-state index contributed by atoms with van der Waals surface area (Å²) in [5.41, 5.74) is 6.12. The minimum atomic E-state index is -1.05. The maximum Gasteiger partial charge on any atom is 0.339 e. The van der Waals surface area contributed by atoms with E-state index in [1.54, 1.807) is 12.1 Å². The molecule has 7 nitrogen and oxygen atoms in total. The van der Waals surface area contributed by atoms with Gasteiger partial charge in [0.25, 0.3) is 5.56 Å². The third kappa shape index (κ3) is 3.76. The Morgan fingerprint density at radius 1 is 1.48 bits per heavy atom. The molecule has 0 unspecified atom stereocenters. The van der Waals surface area contributed by atoms with Crippen molar-refractivity contribution in [1.82, 2.24) is 9.97 Å². The quantitative estimate of drug-likeness (QED) is 0.563. The van der Waals surface area contributed by atoms with Crippen LogP contribution in [0.1, 0.15) is 15.9 Å². The summed E-state index contributed by atoms with van der Waals surface area (Å²) in [6.45, 7) is 0. The molecule has 0 aliphatic carbocycles. The van der Waals surface area contributed by atoms with Crippen molar-refractivity contribution in [2.75, 3.05) is 12.8 Å². The largest absolute Gasteiger partial charge is 0.496 e. The number of thioether (sulfide) groups is 1. The second-order valence-corrected chi connectivity index (χ2v) is 5.07. The Hall–Kier alpha value is -2.48. The highest BCUT2D eigenvalue weighted by Crippen LogP contribution is 2.25. The average Bonchev–Trinajstić information content (AvgIpc) is 2.43. The van der Waals surface area contributed by atoms with Gasteiger partial charge in [-0.05, 0) is 17.7 Å². The number of aromatic carboxylic acids is 1. The number of benzene rings is 1. The van der Waals surface area contributed by atoms with E-state index in [1.807, 2.05) is 0 Å². The number of nitrogens with zero attached hydrogens (tertiary/aromatic N) is 1. The molecule has 0 aliphatic rings. The summed E-state index contributed by atoms with van der Waals surface area (Å²) in [4.78, 5) is 28.8. The smallest absolute Gasteiger partial charge is 0.339 e. The van der Waals surface area contributed by atoms with Crippen molar-refractivity contribution < 1.29 is 14.6 Å². The first kappa shape index (κ1) is 14.9. The van der Waals surface area contributed by atoms with Gasteiger partial charge in [-0.15, -0.1) is 0 Å². The molecule has 0 bridgehead atoms. The van der Waals surface area contributed by atoms with Crippen LogP contribution in [0.3, 0.4) is 0 Å². The van der Waals surface area contributed by atoms with Crippen molar-refractivity contribution in [3.8, 4) is 5.75 Å². The van der Waals surface area contributed by atoms with E-state index in [-0.39, 0.29) is 22.7 Å². The molecule has 2 rings (SSSR count). The lowest BCUT2D eigenvalue weighted by Crippen LogP contribution is -2.09. The van der Waals surface area contributed by atoms with Gasteiger partial charge in [0.05, 0.1) is 7.11 Å². The summed E-state index contributed by atoms with van der Waals surface area (Å²) in [6.07, 6.45) is 0. The summed E-state index contributed by atoms with van der Waals surface area (Å²) in [5.74, 6) is -0.120. The Balaban J connectivity index is 2.16. The molecular formula is C13H13N3O4S. The lowest BCUT2D eigenvalue weighted by atomic mass is 10.1. The molecule has 110 valence electrons. The fourth-order valence-corrected chi connectivity index (χ4v) is 2.50. The van der Waals surface area contributed by atoms with E-state index in [0.717, 1.165) is 5.56 Å². The number of aromatic amines is 1. The molecule has 1 aromatic carbocycles. The number of ether oxygens (including phenoxy) is 1. The molecule has 1 aromatic heterocycles. The normalized spacial score (nSPS) is 10.3. The van der Waals surface area contributed by atoms with Gasteiger partial charge >= 0.3 is 5.97 Å². The number of rotatable bonds is 5. The first-order valence-electron chi connectivity index (χ1n) is 5.89. The highest BCUT2D eigenvalue weighted by molar-refractivity contribution is 7.98. The van der Waals surface area contributed by atoms with Crippen LogP contribution in [0.4, 0.5) is 5.82 Å². The van der Waals surface area contributed by atoms with Crippen LogP contribution in [0.2, 0.25) is 0 Å². The van der Waals surface area contributed by atoms with Crippen LogP contribution < -0.4 is 16.0 Å². The van der Waals surface area contributed by atoms with Gasteiger partial charge in [0, 0.05) is 11.8 Å². The third-order valence-corrected chi connectivity index (χ3v) is 3.56. The molecule has 0 saturated heterocycles. The topological polar surface area (TPSA) is 118 Å². The Labute approximate surface area is 124 Å². The number of carboxylic acid groups (broad SMARTS) is 1. The number of nitrogens with one attached hydrogen (secondary N) is 1. The van der Waals surface area contributed by atoms with Crippen molar-refractivity contribution in [2.24, 2.45) is 0 Å². The summed E-state index contributed by atoms with van der Waals surface area (Å²) in [5, 5.41) is 9.41. The number of hydrogen-bond acceptors (Lipinski definition) is 6. The number of H-pyrrole nitrogens is 1. The Morgan fingerprint density at radius 3 is 2.86 bits per heavy atom. The van der Waals surface area contributed by atoms with Crippen LogP contribution >= 0.6 is 11.8 Å². The standard InChI is InChI=1S/C13H13N3O4S/c1-20-9-4-7(2-3-8(9)12(18)19)6-21-13-15-10(14)5-11(17)16-13/h2-5H,6H2,1H3,(H,18,19)(H3,14,15,16,17). The highest BCUT2D eigenvalue weighted by Gasteiger charge is 2.11. The zero-order valence-corrected chi connectivity index (χ0v) is 11.9. The Kier molecular flexibility index (Phi) is 4.49. The van der Waals surface area contributed by atoms with Gasteiger partial charge in [-0.25, -0.2) is 9.78 Å². The average molecular weight is 307 g/mol. The van der Waals surface area contributed by atoms with Crippen molar-refractivity contribution in [3.05, 3.63) is 45.7 Å². The van der Waals surface area contributed by atoms with E-state index < -0.39 is 5.97 Å². The van der Waals surface area contributed by atoms with E-state index in [4.69, 9.17) is 15.6 Å². The van der Waals surface area contributed by atoms with Crippen molar-refractivity contribution in [1.29, 1.82) is 0 Å². The van der Waals surface area contributed by atoms with Gasteiger partial charge in [-0.3, -0.25) is 4.79 Å². The van der Waals surface area contributed by atoms with Crippen LogP contribution in [0.25, 0.3) is 0 Å². The molecule has 21 heavy (non-hydrogen) atoms. The monoisotopic (exact) mass is 307 g/mol. The number of anilines is 1. The molecule has 0 amide bonds. The summed E-state index contributed by atoms with van der Waals surface area (Å²) >= 11 is 1.29. The van der Waals surface area contributed by atoms with Gasteiger partial charge in [0.2, 0.25) is 0 Å². The van der Waals surface area contributed by atoms with Gasteiger partial charge in [0.15, 0.2) is 5.16 Å². The van der Waals surface area contributed by atoms with Gasteiger partial charge in [-0.1, -0.05) is 17.8 Å². The van der Waals surface area contributed by atoms with Crippen LogP contribution in [0, 0.1) is 0 Å². The van der Waals surface area contributed by atoms with Gasteiger partial charge < -0.3 is 20.6 Å². The van der Waals surface area contributed by atoms with Crippen molar-refractivity contribution >= 4 is 23.5 Å². The zero-order chi connectivity index (χ0) is 15.4. The molecular weight excluding hydrogens is 294 g/mol. The van der Waals surface area contributed by atoms with Gasteiger partial charge in [-0.2, -0.15) is 0 Å². The number of aromatic nitrogens is 2. The minimum absolute atomic E-state index is 0.0988. The fraction of sp³-hybridized carbons (Fsp3) is 0.154. The van der Waals surface area contributed by atoms with E-state index >= 15 is 0 Å². The zero-order valence-electron chi connectivity index (χ0n) is 11.1. The molecule has 0 atom stereocenters. The molecule has 1 heterocycles. The molecule has 2 aromatic rings. The predicted octanol–water partition coefficient (Wildman–Crippen LogP) is 1.35. The lowest BCUT2D eigenvalue weighted by Gasteiger charge is -2.07. The maximum absolute atomic E-state index is 11.3. The number of nitrogens with two attached hydrogens (primary N) is 1. The van der Waals surface area contributed by atoms with Crippen LogP contribution in [-0.4, -0.2) is 28.2 Å². The second kappa shape index (κ2) is 6.31. The molecule has 0 spiro atoms. The van der Waals surface area contributed by atoms with E-state index in [1.165, 1.54) is 31.0 Å². The first-order chi connectivity index (χ1) is 9.99. The van der Waals surface area contributed by atoms with Crippen LogP contribution in [-0.2, 0) is 5.75 Å². The second-order valence-electron chi connectivity index (χ2n) is 4.10. The molecule has 4 N–H and O–H groups in total. The summed E-state index contributed by atoms with van der Waals surface area (Å²) in [7, 11) is 1.41. The van der Waals surface area contributed by atoms with Crippen LogP contribution in [0.5, 0.6) is 5.75 Å². The minimum Gasteiger partial charge on any atom is -0.496 e. The van der Waals surface area contributed by atoms with Crippen molar-refractivity contribution in [3.63, 3.8) is 0 Å².